The molecule has 0 fully saturated rings. The van der Waals surface area contributed by atoms with Gasteiger partial charge in [-0.3, -0.25) is 0 Å². The van der Waals surface area contributed by atoms with Crippen LogP contribution >= 0.6 is 0 Å². The number of nitrogens with one attached hydrogen (secondary N) is 1. The van der Waals surface area contributed by atoms with Crippen LogP contribution in [0.4, 0.5) is 5.69 Å². The molecule has 2 nitrogen and oxygen atoms in total. The zero-order valence-corrected chi connectivity index (χ0v) is 9.75. The van der Waals surface area contributed by atoms with E-state index in [-0.39, 0.29) is 5.41 Å². The molecule has 0 aromatic heterocycles. The maximum Gasteiger partial charge on any atom is 0.0684 e. The van der Waals surface area contributed by atoms with Gasteiger partial charge in [-0.15, -0.1) is 6.42 Å². The van der Waals surface area contributed by atoms with Crippen LogP contribution in [0.5, 0.6) is 0 Å². The highest BCUT2D eigenvalue weighted by Gasteiger charge is 2.15. The number of hydrogen-bond donors (Lipinski definition) is 1. The number of nitrogens with zero attached hydrogens (tertiary/aromatic N) is 1. The lowest BCUT2D eigenvalue weighted by Crippen LogP contribution is -2.14. The van der Waals surface area contributed by atoms with Crippen molar-refractivity contribution >= 4 is 5.69 Å². The van der Waals surface area contributed by atoms with Crippen LogP contribution in [0.2, 0.25) is 0 Å². The first-order valence-corrected chi connectivity index (χ1v) is 5.29. The molecule has 2 heteroatoms. The summed E-state index contributed by atoms with van der Waals surface area (Å²) in [6, 6.07) is 10.00. The highest BCUT2D eigenvalue weighted by molar-refractivity contribution is 5.49. The van der Waals surface area contributed by atoms with Crippen molar-refractivity contribution in [3.05, 3.63) is 29.8 Å². The molecule has 82 valence electrons. The molecule has 0 saturated heterocycles. The van der Waals surface area contributed by atoms with Gasteiger partial charge in [0.05, 0.1) is 11.5 Å². The van der Waals surface area contributed by atoms with Crippen molar-refractivity contribution in [2.45, 2.75) is 20.3 Å². The Labute approximate surface area is 97.3 Å². The summed E-state index contributed by atoms with van der Waals surface area (Å²) in [6.45, 7) is 4.65. The Morgan fingerprint density at radius 2 is 2.19 bits per heavy atom. The van der Waals surface area contributed by atoms with E-state index in [1.165, 1.54) is 0 Å². The summed E-state index contributed by atoms with van der Waals surface area (Å²) >= 11 is 0. The standard InChI is InChI=1S/C14H16N2/c1-4-12-6-5-7-13(10-12)16-9-8-14(2,3)11-15/h1,5-7,10,16H,8-9H2,2-3H3. The van der Waals surface area contributed by atoms with E-state index >= 15 is 0 Å². The summed E-state index contributed by atoms with van der Waals surface area (Å²) in [5.41, 5.74) is 1.59. The summed E-state index contributed by atoms with van der Waals surface area (Å²) in [4.78, 5) is 0. The van der Waals surface area contributed by atoms with Crippen molar-refractivity contribution in [1.29, 1.82) is 5.26 Å². The number of hydrogen-bond acceptors (Lipinski definition) is 2. The largest absolute Gasteiger partial charge is 0.385 e. The minimum Gasteiger partial charge on any atom is -0.385 e. The molecule has 0 unspecified atom stereocenters. The van der Waals surface area contributed by atoms with E-state index in [1.807, 2.05) is 38.1 Å². The van der Waals surface area contributed by atoms with Crippen LogP contribution in [0, 0.1) is 29.1 Å². The number of anilines is 1. The molecule has 0 bridgehead atoms. The van der Waals surface area contributed by atoms with Crippen molar-refractivity contribution in [3.63, 3.8) is 0 Å². The van der Waals surface area contributed by atoms with E-state index in [4.69, 9.17) is 11.7 Å². The molecule has 0 aliphatic rings. The second-order valence-corrected chi connectivity index (χ2v) is 4.40. The van der Waals surface area contributed by atoms with Gasteiger partial charge < -0.3 is 5.32 Å². The average Bonchev–Trinajstić information content (AvgIpc) is 2.29. The lowest BCUT2D eigenvalue weighted by Gasteiger charge is -2.15. The molecule has 0 aliphatic carbocycles. The predicted octanol–water partition coefficient (Wildman–Crippen LogP) is 3.02. The lowest BCUT2D eigenvalue weighted by molar-refractivity contribution is 0.466. The van der Waals surface area contributed by atoms with Gasteiger partial charge in [-0.25, -0.2) is 0 Å². The molecule has 1 aromatic carbocycles. The highest BCUT2D eigenvalue weighted by Crippen LogP contribution is 2.18. The SMILES string of the molecule is C#Cc1cccc(NCCC(C)(C)C#N)c1. The Hall–Kier alpha value is -1.93. The van der Waals surface area contributed by atoms with Crippen molar-refractivity contribution in [3.8, 4) is 18.4 Å². The second kappa shape index (κ2) is 5.24. The Balaban J connectivity index is 2.50. The van der Waals surface area contributed by atoms with Gasteiger partial charge in [0.2, 0.25) is 0 Å². The predicted molar refractivity (Wildman–Crippen MR) is 66.9 cm³/mol. The van der Waals surface area contributed by atoms with Crippen LogP contribution in [0.25, 0.3) is 0 Å². The molecule has 0 spiro atoms. The summed E-state index contributed by atoms with van der Waals surface area (Å²) in [7, 11) is 0. The Morgan fingerprint density at radius 3 is 2.81 bits per heavy atom. The molecular formula is C14H16N2. The summed E-state index contributed by atoms with van der Waals surface area (Å²) in [5.74, 6) is 2.59. The minimum absolute atomic E-state index is 0.281. The summed E-state index contributed by atoms with van der Waals surface area (Å²) < 4.78 is 0. The van der Waals surface area contributed by atoms with Gasteiger partial charge in [0, 0.05) is 17.8 Å². The van der Waals surface area contributed by atoms with Crippen molar-refractivity contribution in [2.24, 2.45) is 5.41 Å². The van der Waals surface area contributed by atoms with Crippen LogP contribution in [-0.2, 0) is 0 Å². The van der Waals surface area contributed by atoms with Crippen molar-refractivity contribution in [2.75, 3.05) is 11.9 Å². The van der Waals surface area contributed by atoms with E-state index in [0.29, 0.717) is 0 Å². The molecule has 1 aromatic rings. The smallest absolute Gasteiger partial charge is 0.0684 e. The van der Waals surface area contributed by atoms with Crippen molar-refractivity contribution in [1.82, 2.24) is 0 Å². The van der Waals surface area contributed by atoms with Gasteiger partial charge in [0.15, 0.2) is 0 Å². The Bertz CT molecular complexity index is 433. The third kappa shape index (κ3) is 3.67. The maximum absolute atomic E-state index is 8.87. The molecule has 0 saturated carbocycles. The van der Waals surface area contributed by atoms with E-state index in [2.05, 4.69) is 17.3 Å². The zero-order valence-electron chi connectivity index (χ0n) is 9.75. The highest BCUT2D eigenvalue weighted by atomic mass is 14.9. The van der Waals surface area contributed by atoms with Gasteiger partial charge >= 0.3 is 0 Å². The monoisotopic (exact) mass is 212 g/mol. The summed E-state index contributed by atoms with van der Waals surface area (Å²) in [5, 5.41) is 12.1. The zero-order chi connectivity index (χ0) is 12.0. The van der Waals surface area contributed by atoms with Crippen LogP contribution < -0.4 is 5.32 Å². The third-order valence-corrected chi connectivity index (χ3v) is 2.41. The molecule has 0 amide bonds. The number of terminal acetylenes is 1. The molecule has 0 aliphatic heterocycles. The molecule has 0 radical (unpaired) electrons. The van der Waals surface area contributed by atoms with Crippen LogP contribution in [0.1, 0.15) is 25.8 Å². The fourth-order valence-electron chi connectivity index (χ4n) is 1.29. The van der Waals surface area contributed by atoms with Crippen LogP contribution in [0.3, 0.4) is 0 Å². The second-order valence-electron chi connectivity index (χ2n) is 4.40. The Morgan fingerprint density at radius 1 is 1.44 bits per heavy atom. The Kier molecular flexibility index (Phi) is 3.97. The summed E-state index contributed by atoms with van der Waals surface area (Å²) in [6.07, 6.45) is 6.13. The molecule has 1 N–H and O–H groups in total. The average molecular weight is 212 g/mol. The normalized spacial score (nSPS) is 10.2. The van der Waals surface area contributed by atoms with Gasteiger partial charge in [-0.1, -0.05) is 12.0 Å². The first kappa shape index (κ1) is 12.1. The molecular weight excluding hydrogens is 196 g/mol. The first-order chi connectivity index (χ1) is 7.57. The molecule has 0 heterocycles. The first-order valence-electron chi connectivity index (χ1n) is 5.29. The lowest BCUT2D eigenvalue weighted by atomic mass is 9.91. The fourth-order valence-corrected chi connectivity index (χ4v) is 1.29. The molecule has 16 heavy (non-hydrogen) atoms. The fraction of sp³-hybridized carbons (Fsp3) is 0.357. The van der Waals surface area contributed by atoms with Gasteiger partial charge in [-0.05, 0) is 38.5 Å². The van der Waals surface area contributed by atoms with E-state index < -0.39 is 0 Å². The van der Waals surface area contributed by atoms with E-state index in [0.717, 1.165) is 24.2 Å². The van der Waals surface area contributed by atoms with Crippen LogP contribution in [-0.4, -0.2) is 6.54 Å². The molecule has 1 rings (SSSR count). The maximum atomic E-state index is 8.87. The van der Waals surface area contributed by atoms with Gasteiger partial charge in [0.1, 0.15) is 0 Å². The van der Waals surface area contributed by atoms with E-state index in [9.17, 15) is 0 Å². The van der Waals surface area contributed by atoms with Crippen molar-refractivity contribution < 1.29 is 0 Å². The van der Waals surface area contributed by atoms with Crippen LogP contribution in [0.15, 0.2) is 24.3 Å². The van der Waals surface area contributed by atoms with Gasteiger partial charge in [0.25, 0.3) is 0 Å². The number of nitriles is 1. The third-order valence-electron chi connectivity index (χ3n) is 2.41. The topological polar surface area (TPSA) is 35.8 Å². The molecule has 0 atom stereocenters. The minimum atomic E-state index is -0.281. The number of rotatable bonds is 4. The van der Waals surface area contributed by atoms with Gasteiger partial charge in [-0.2, -0.15) is 5.26 Å². The quantitative estimate of drug-likeness (QED) is 0.779. The van der Waals surface area contributed by atoms with E-state index in [1.54, 1.807) is 0 Å². The number of benzene rings is 1.